The van der Waals surface area contributed by atoms with Crippen LogP contribution in [0.25, 0.3) is 0 Å². The lowest BCUT2D eigenvalue weighted by Gasteiger charge is -2.24. The maximum atomic E-state index is 12.3. The molecule has 7 nitrogen and oxygen atoms in total. The van der Waals surface area contributed by atoms with Crippen LogP contribution in [0.3, 0.4) is 0 Å². The quantitative estimate of drug-likeness (QED) is 0.604. The molecule has 136 valence electrons. The van der Waals surface area contributed by atoms with Crippen LogP contribution >= 0.6 is 11.6 Å². The number of anilines is 1. The molecule has 0 unspecified atom stereocenters. The number of benzene rings is 1. The summed E-state index contributed by atoms with van der Waals surface area (Å²) in [5.41, 5.74) is 0.635. The molecular weight excluding hydrogens is 344 g/mol. The third-order valence-electron chi connectivity index (χ3n) is 4.88. The summed E-state index contributed by atoms with van der Waals surface area (Å²) in [4.78, 5) is 29.4. The lowest BCUT2D eigenvalue weighted by atomic mass is 10.2. The molecule has 8 heteroatoms. The lowest BCUT2D eigenvalue weighted by molar-refractivity contribution is -0.384. The first-order valence-electron chi connectivity index (χ1n) is 8.73. The predicted octanol–water partition coefficient (Wildman–Crippen LogP) is 2.38. The summed E-state index contributed by atoms with van der Waals surface area (Å²) in [5, 5.41) is 11.7. The Bertz CT molecular complexity index is 649. The number of nitro benzene ring substituents is 1. The molecule has 0 radical (unpaired) electrons. The van der Waals surface area contributed by atoms with Gasteiger partial charge >= 0.3 is 0 Å². The molecule has 2 fully saturated rings. The minimum Gasteiger partial charge on any atom is -0.365 e. The molecule has 1 amide bonds. The van der Waals surface area contributed by atoms with Crippen molar-refractivity contribution in [3.8, 4) is 0 Å². The van der Waals surface area contributed by atoms with E-state index >= 15 is 0 Å². The van der Waals surface area contributed by atoms with Crippen molar-refractivity contribution in [2.24, 2.45) is 0 Å². The highest BCUT2D eigenvalue weighted by Gasteiger charge is 2.25. The third kappa shape index (κ3) is 4.41. The number of hydrogen-bond acceptors (Lipinski definition) is 5. The largest absolute Gasteiger partial charge is 0.365 e. The number of likely N-dealkylation sites (tertiary alicyclic amines) is 1. The first-order chi connectivity index (χ1) is 12.0. The molecule has 0 spiro atoms. The van der Waals surface area contributed by atoms with Crippen molar-refractivity contribution in [3.63, 3.8) is 0 Å². The van der Waals surface area contributed by atoms with E-state index in [1.54, 1.807) is 12.1 Å². The van der Waals surface area contributed by atoms with Gasteiger partial charge < -0.3 is 9.80 Å². The third-order valence-corrected chi connectivity index (χ3v) is 5.12. The van der Waals surface area contributed by atoms with Crippen molar-refractivity contribution >= 4 is 28.9 Å². The first kappa shape index (κ1) is 17.9. The Kier molecular flexibility index (Phi) is 5.75. The van der Waals surface area contributed by atoms with E-state index in [1.165, 1.54) is 6.07 Å². The first-order valence-corrected chi connectivity index (χ1v) is 9.11. The van der Waals surface area contributed by atoms with Gasteiger partial charge in [-0.05, 0) is 31.4 Å². The zero-order valence-electron chi connectivity index (χ0n) is 14.2. The van der Waals surface area contributed by atoms with Gasteiger partial charge in [0.05, 0.1) is 11.5 Å². The van der Waals surface area contributed by atoms with Crippen molar-refractivity contribution in [2.45, 2.75) is 19.3 Å². The molecule has 0 atom stereocenters. The average Bonchev–Trinajstić information content (AvgIpc) is 3.03. The Labute approximate surface area is 152 Å². The number of nitro groups is 1. The number of rotatable bonds is 4. The molecule has 0 aromatic heterocycles. The Morgan fingerprint density at radius 1 is 1.08 bits per heavy atom. The summed E-state index contributed by atoms with van der Waals surface area (Å²) in [5.74, 6) is 0.198. The van der Waals surface area contributed by atoms with Gasteiger partial charge in [0, 0.05) is 50.4 Å². The number of carbonyl (C=O) groups is 1. The van der Waals surface area contributed by atoms with Gasteiger partial charge in [0.2, 0.25) is 5.91 Å². The summed E-state index contributed by atoms with van der Waals surface area (Å²) in [7, 11) is 0. The van der Waals surface area contributed by atoms with Crippen LogP contribution in [0.15, 0.2) is 18.2 Å². The van der Waals surface area contributed by atoms with Gasteiger partial charge in [0.1, 0.15) is 5.69 Å². The van der Waals surface area contributed by atoms with Crippen LogP contribution in [-0.2, 0) is 4.79 Å². The molecule has 1 aromatic rings. The summed E-state index contributed by atoms with van der Waals surface area (Å²) < 4.78 is 0. The fourth-order valence-electron chi connectivity index (χ4n) is 3.54. The number of carbonyl (C=O) groups excluding carboxylic acids is 1. The smallest absolute Gasteiger partial charge is 0.294 e. The van der Waals surface area contributed by atoms with Crippen molar-refractivity contribution in [1.29, 1.82) is 0 Å². The number of hydrogen-bond donors (Lipinski definition) is 0. The monoisotopic (exact) mass is 366 g/mol. The fraction of sp³-hybridized carbons (Fsp3) is 0.588. The molecule has 2 heterocycles. The standard InChI is InChI=1S/C17H23ClN4O3/c18-14-4-5-15(16(12-14)22(24)25)20-9-3-6-19(10-11-20)13-17(23)21-7-1-2-8-21/h4-5,12H,1-3,6-11,13H2. The molecular formula is C17H23ClN4O3. The van der Waals surface area contributed by atoms with Gasteiger partial charge in [0.25, 0.3) is 5.69 Å². The van der Waals surface area contributed by atoms with E-state index < -0.39 is 0 Å². The summed E-state index contributed by atoms with van der Waals surface area (Å²) in [6.07, 6.45) is 3.06. The molecule has 0 saturated carbocycles. The van der Waals surface area contributed by atoms with E-state index in [9.17, 15) is 14.9 Å². The summed E-state index contributed by atoms with van der Waals surface area (Å²) >= 11 is 5.90. The molecule has 25 heavy (non-hydrogen) atoms. The Morgan fingerprint density at radius 3 is 2.56 bits per heavy atom. The number of nitrogens with zero attached hydrogens (tertiary/aromatic N) is 4. The lowest BCUT2D eigenvalue weighted by Crippen LogP contribution is -2.40. The van der Waals surface area contributed by atoms with Crippen LogP contribution < -0.4 is 4.90 Å². The topological polar surface area (TPSA) is 69.9 Å². The van der Waals surface area contributed by atoms with Gasteiger partial charge in [0.15, 0.2) is 0 Å². The van der Waals surface area contributed by atoms with E-state index in [0.29, 0.717) is 23.8 Å². The van der Waals surface area contributed by atoms with Crippen LogP contribution in [0.2, 0.25) is 5.02 Å². The van der Waals surface area contributed by atoms with Crippen LogP contribution in [-0.4, -0.2) is 66.4 Å². The highest BCUT2D eigenvalue weighted by atomic mass is 35.5. The molecule has 0 N–H and O–H groups in total. The van der Waals surface area contributed by atoms with E-state index in [1.807, 2.05) is 9.80 Å². The number of halogens is 1. The molecule has 0 bridgehead atoms. The number of amides is 1. The molecule has 3 rings (SSSR count). The van der Waals surface area contributed by atoms with Crippen molar-refractivity contribution < 1.29 is 9.72 Å². The second kappa shape index (κ2) is 8.01. The Morgan fingerprint density at radius 2 is 1.84 bits per heavy atom. The van der Waals surface area contributed by atoms with E-state index in [-0.39, 0.29) is 16.5 Å². The van der Waals surface area contributed by atoms with E-state index in [4.69, 9.17) is 11.6 Å². The van der Waals surface area contributed by atoms with Crippen LogP contribution in [0.5, 0.6) is 0 Å². The van der Waals surface area contributed by atoms with Crippen LogP contribution in [0.1, 0.15) is 19.3 Å². The second-order valence-corrected chi connectivity index (χ2v) is 7.03. The van der Waals surface area contributed by atoms with Gasteiger partial charge in [-0.1, -0.05) is 11.6 Å². The second-order valence-electron chi connectivity index (χ2n) is 6.59. The van der Waals surface area contributed by atoms with E-state index in [2.05, 4.69) is 4.90 Å². The van der Waals surface area contributed by atoms with Crippen molar-refractivity contribution in [1.82, 2.24) is 9.80 Å². The van der Waals surface area contributed by atoms with E-state index in [0.717, 1.165) is 52.0 Å². The van der Waals surface area contributed by atoms with Gasteiger partial charge in [-0.15, -0.1) is 0 Å². The van der Waals surface area contributed by atoms with Crippen molar-refractivity contribution in [2.75, 3.05) is 50.7 Å². The highest BCUT2D eigenvalue weighted by molar-refractivity contribution is 6.30. The average molecular weight is 367 g/mol. The maximum Gasteiger partial charge on any atom is 0.294 e. The van der Waals surface area contributed by atoms with Crippen LogP contribution in [0, 0.1) is 10.1 Å². The Balaban J connectivity index is 1.63. The minimum absolute atomic E-state index is 0.0362. The molecule has 1 aromatic carbocycles. The van der Waals surface area contributed by atoms with Gasteiger partial charge in [-0.3, -0.25) is 19.8 Å². The normalized spacial score (nSPS) is 19.1. The summed E-state index contributed by atoms with van der Waals surface area (Å²) in [6, 6.07) is 4.80. The zero-order valence-corrected chi connectivity index (χ0v) is 15.0. The molecule has 2 aliphatic heterocycles. The highest BCUT2D eigenvalue weighted by Crippen LogP contribution is 2.31. The van der Waals surface area contributed by atoms with Crippen LogP contribution in [0.4, 0.5) is 11.4 Å². The summed E-state index contributed by atoms with van der Waals surface area (Å²) in [6.45, 7) is 5.13. The SMILES string of the molecule is O=C(CN1CCCN(c2ccc(Cl)cc2[N+](=O)[O-])CC1)N1CCCC1. The maximum absolute atomic E-state index is 12.3. The van der Waals surface area contributed by atoms with Crippen molar-refractivity contribution in [3.05, 3.63) is 33.3 Å². The molecule has 2 saturated heterocycles. The fourth-order valence-corrected chi connectivity index (χ4v) is 3.70. The molecule has 0 aliphatic carbocycles. The predicted molar refractivity (Wildman–Crippen MR) is 97.2 cm³/mol. The van der Waals surface area contributed by atoms with Gasteiger partial charge in [-0.2, -0.15) is 0 Å². The minimum atomic E-state index is -0.388. The molecule has 2 aliphatic rings. The Hall–Kier alpha value is -1.86. The van der Waals surface area contributed by atoms with Gasteiger partial charge in [-0.25, -0.2) is 0 Å². The zero-order chi connectivity index (χ0) is 17.8.